The third kappa shape index (κ3) is 51.8. The van der Waals surface area contributed by atoms with Gasteiger partial charge in [-0.25, -0.2) is 0 Å². The highest BCUT2D eigenvalue weighted by molar-refractivity contribution is 5.71. The van der Waals surface area contributed by atoms with E-state index < -0.39 is 6.10 Å². The number of carbonyl (C=O) groups is 3. The number of esters is 3. The summed E-state index contributed by atoms with van der Waals surface area (Å²) in [6, 6.07) is 0. The Labute approximate surface area is 408 Å². The molecule has 0 aliphatic heterocycles. The molecule has 0 spiro atoms. The van der Waals surface area contributed by atoms with Crippen LogP contribution in [-0.4, -0.2) is 37.2 Å². The number of hydrogen-bond acceptors (Lipinski definition) is 6. The molecule has 0 saturated carbocycles. The van der Waals surface area contributed by atoms with Gasteiger partial charge in [0.25, 0.3) is 0 Å². The van der Waals surface area contributed by atoms with Crippen molar-refractivity contribution < 1.29 is 28.6 Å². The summed E-state index contributed by atoms with van der Waals surface area (Å²) in [5.41, 5.74) is 0. The topological polar surface area (TPSA) is 78.9 Å². The van der Waals surface area contributed by atoms with Gasteiger partial charge >= 0.3 is 17.9 Å². The van der Waals surface area contributed by atoms with Gasteiger partial charge < -0.3 is 14.2 Å². The van der Waals surface area contributed by atoms with Crippen LogP contribution in [0.3, 0.4) is 0 Å². The van der Waals surface area contributed by atoms with Gasteiger partial charge in [-0.05, 0) is 70.6 Å². The van der Waals surface area contributed by atoms with Crippen molar-refractivity contribution in [3.05, 3.63) is 72.9 Å². The number of rotatable bonds is 50. The second-order valence-corrected chi connectivity index (χ2v) is 18.5. The summed E-state index contributed by atoms with van der Waals surface area (Å²) in [7, 11) is 0. The lowest BCUT2D eigenvalue weighted by molar-refractivity contribution is -0.167. The molecule has 66 heavy (non-hydrogen) atoms. The van der Waals surface area contributed by atoms with E-state index in [1.165, 1.54) is 135 Å². The summed E-state index contributed by atoms with van der Waals surface area (Å²) < 4.78 is 16.8. The quantitative estimate of drug-likeness (QED) is 0.0199. The van der Waals surface area contributed by atoms with Crippen molar-refractivity contribution in [1.29, 1.82) is 0 Å². The van der Waals surface area contributed by atoms with E-state index >= 15 is 0 Å². The van der Waals surface area contributed by atoms with Crippen LogP contribution in [0.4, 0.5) is 0 Å². The predicted octanol–water partition coefficient (Wildman–Crippen LogP) is 18.6. The fraction of sp³-hybridized carbons (Fsp3) is 0.750. The van der Waals surface area contributed by atoms with Crippen LogP contribution in [0, 0.1) is 0 Å². The van der Waals surface area contributed by atoms with Crippen LogP contribution in [0.15, 0.2) is 72.9 Å². The van der Waals surface area contributed by atoms with Gasteiger partial charge in [0.2, 0.25) is 0 Å². The summed E-state index contributed by atoms with van der Waals surface area (Å²) in [5.74, 6) is -0.968. The molecule has 0 aliphatic rings. The minimum Gasteiger partial charge on any atom is -0.462 e. The van der Waals surface area contributed by atoms with Gasteiger partial charge in [0.15, 0.2) is 6.10 Å². The Morgan fingerprint density at radius 2 is 0.667 bits per heavy atom. The molecular weight excluding hydrogens is 817 g/mol. The molecule has 0 heterocycles. The van der Waals surface area contributed by atoms with Crippen LogP contribution in [0.5, 0.6) is 0 Å². The van der Waals surface area contributed by atoms with Crippen molar-refractivity contribution in [2.24, 2.45) is 0 Å². The second-order valence-electron chi connectivity index (χ2n) is 18.5. The van der Waals surface area contributed by atoms with Gasteiger partial charge in [-0.1, -0.05) is 254 Å². The number of carbonyl (C=O) groups excluding carboxylic acids is 3. The van der Waals surface area contributed by atoms with E-state index in [1.54, 1.807) is 0 Å². The smallest absolute Gasteiger partial charge is 0.306 e. The Morgan fingerprint density at radius 1 is 0.333 bits per heavy atom. The monoisotopic (exact) mass is 921 g/mol. The van der Waals surface area contributed by atoms with E-state index in [2.05, 4.69) is 93.7 Å². The lowest BCUT2D eigenvalue weighted by Gasteiger charge is -2.18. The number of hydrogen-bond donors (Lipinski definition) is 0. The summed E-state index contributed by atoms with van der Waals surface area (Å²) in [4.78, 5) is 38.0. The van der Waals surface area contributed by atoms with E-state index in [-0.39, 0.29) is 37.5 Å². The maximum absolute atomic E-state index is 12.8. The molecule has 6 heteroatoms. The van der Waals surface area contributed by atoms with E-state index in [0.29, 0.717) is 19.3 Å². The van der Waals surface area contributed by atoms with Crippen molar-refractivity contribution in [2.45, 2.75) is 277 Å². The Balaban J connectivity index is 4.39. The molecular formula is C60H104O6. The highest BCUT2D eigenvalue weighted by Gasteiger charge is 2.19. The van der Waals surface area contributed by atoms with Crippen LogP contribution in [0.1, 0.15) is 271 Å². The normalized spacial score (nSPS) is 12.6. The number of allylic oxidation sites excluding steroid dienone is 12. The van der Waals surface area contributed by atoms with Crippen LogP contribution in [-0.2, 0) is 28.6 Å². The molecule has 0 bridgehead atoms. The van der Waals surface area contributed by atoms with Gasteiger partial charge in [-0.3, -0.25) is 14.4 Å². The van der Waals surface area contributed by atoms with Gasteiger partial charge in [-0.2, -0.15) is 0 Å². The molecule has 380 valence electrons. The van der Waals surface area contributed by atoms with Gasteiger partial charge in [0, 0.05) is 19.3 Å². The maximum atomic E-state index is 12.8. The largest absolute Gasteiger partial charge is 0.462 e. The summed E-state index contributed by atoms with van der Waals surface area (Å²) in [5, 5.41) is 0. The zero-order chi connectivity index (χ0) is 47.9. The highest BCUT2D eigenvalue weighted by Crippen LogP contribution is 2.16. The zero-order valence-corrected chi connectivity index (χ0v) is 43.4. The fourth-order valence-electron chi connectivity index (χ4n) is 7.82. The Kier molecular flexibility index (Phi) is 51.9. The van der Waals surface area contributed by atoms with Crippen LogP contribution < -0.4 is 0 Å². The molecule has 0 aliphatic carbocycles. The molecule has 1 atom stereocenters. The minimum atomic E-state index is -0.804. The van der Waals surface area contributed by atoms with Crippen molar-refractivity contribution in [3.63, 3.8) is 0 Å². The Bertz CT molecular complexity index is 1240. The molecule has 0 aromatic rings. The first-order valence-corrected chi connectivity index (χ1v) is 28.0. The Morgan fingerprint density at radius 3 is 1.09 bits per heavy atom. The van der Waals surface area contributed by atoms with E-state index in [1.807, 2.05) is 0 Å². The van der Waals surface area contributed by atoms with Crippen molar-refractivity contribution in [1.82, 2.24) is 0 Å². The van der Waals surface area contributed by atoms with E-state index in [4.69, 9.17) is 14.2 Å². The number of unbranched alkanes of at least 4 members (excludes halogenated alkanes) is 29. The first-order chi connectivity index (χ1) is 32.5. The molecule has 0 N–H and O–H groups in total. The first kappa shape index (κ1) is 62.8. The van der Waals surface area contributed by atoms with Gasteiger partial charge in [0.1, 0.15) is 13.2 Å². The van der Waals surface area contributed by atoms with Gasteiger partial charge in [-0.15, -0.1) is 0 Å². The third-order valence-electron chi connectivity index (χ3n) is 12.0. The fourth-order valence-corrected chi connectivity index (χ4v) is 7.82. The summed E-state index contributed by atoms with van der Waals surface area (Å²) in [6.07, 6.45) is 69.1. The van der Waals surface area contributed by atoms with Crippen molar-refractivity contribution >= 4 is 17.9 Å². The summed E-state index contributed by atoms with van der Waals surface area (Å²) >= 11 is 0. The lowest BCUT2D eigenvalue weighted by Crippen LogP contribution is -2.30. The number of ether oxygens (including phenoxy) is 3. The predicted molar refractivity (Wildman–Crippen MR) is 284 cm³/mol. The van der Waals surface area contributed by atoms with Crippen LogP contribution in [0.2, 0.25) is 0 Å². The van der Waals surface area contributed by atoms with Crippen molar-refractivity contribution in [2.75, 3.05) is 13.2 Å². The molecule has 0 aromatic carbocycles. The van der Waals surface area contributed by atoms with Crippen LogP contribution >= 0.6 is 0 Å². The van der Waals surface area contributed by atoms with E-state index in [9.17, 15) is 14.4 Å². The average Bonchev–Trinajstić information content (AvgIpc) is 3.31. The molecule has 0 amide bonds. The third-order valence-corrected chi connectivity index (χ3v) is 12.0. The minimum absolute atomic E-state index is 0.0976. The van der Waals surface area contributed by atoms with E-state index in [0.717, 1.165) is 89.9 Å². The highest BCUT2D eigenvalue weighted by atomic mass is 16.6. The van der Waals surface area contributed by atoms with Crippen molar-refractivity contribution in [3.8, 4) is 0 Å². The SMILES string of the molecule is CC/C=C\C/C=C\C/C=C\CCCC(=O)OCC(COC(=O)CCCCCCCCCCCCCCCCCCCCC)OC(=O)CCCCCCC\C=C/C=C\C=C/CCCCCCC. The molecule has 0 rings (SSSR count). The average molecular weight is 921 g/mol. The molecule has 0 radical (unpaired) electrons. The first-order valence-electron chi connectivity index (χ1n) is 28.0. The standard InChI is InChI=1S/C60H104O6/c1-4-7-10-13-16-19-22-24-26-28-30-32-33-35-38-41-44-47-50-53-59(62)65-56-57(55-64-58(61)52-49-46-43-40-37-21-18-15-12-9-6-3)66-60(63)54-51-48-45-42-39-36-34-31-29-27-25-23-20-17-14-11-8-5-2/h9,12,18,21,23,25,27,29,31,34,40,43,57H,4-8,10-11,13-17,19-20,22,24,26,28,30,32-33,35-39,41-42,44-56H2,1-3H3/b12-9-,21-18-,25-23-,29-27-,34-31-,43-40-. The Hall–Kier alpha value is -3.15. The maximum Gasteiger partial charge on any atom is 0.306 e. The molecule has 6 nitrogen and oxygen atoms in total. The lowest BCUT2D eigenvalue weighted by atomic mass is 10.0. The van der Waals surface area contributed by atoms with Gasteiger partial charge in [0.05, 0.1) is 0 Å². The zero-order valence-electron chi connectivity index (χ0n) is 43.4. The molecule has 1 unspecified atom stereocenters. The molecule has 0 fully saturated rings. The second kappa shape index (κ2) is 54.5. The molecule has 0 saturated heterocycles. The van der Waals surface area contributed by atoms with Crippen LogP contribution in [0.25, 0.3) is 0 Å². The summed E-state index contributed by atoms with van der Waals surface area (Å²) in [6.45, 7) is 6.46. The molecule has 0 aromatic heterocycles.